The molecular weight excluding hydrogens is 360 g/mol. The van der Waals surface area contributed by atoms with Crippen molar-refractivity contribution in [3.8, 4) is 0 Å². The molecule has 0 radical (unpaired) electrons. The van der Waals surface area contributed by atoms with Crippen LogP contribution in [0.15, 0.2) is 37.3 Å². The second-order valence-corrected chi connectivity index (χ2v) is 6.96. The molecule has 148 valence electrons. The quantitative estimate of drug-likeness (QED) is 0.659. The van der Waals surface area contributed by atoms with Crippen molar-refractivity contribution in [1.29, 1.82) is 0 Å². The van der Waals surface area contributed by atoms with Crippen LogP contribution in [0.1, 0.15) is 67.5 Å². The van der Waals surface area contributed by atoms with E-state index in [-0.39, 0.29) is 11.6 Å². The number of hydrogen-bond acceptors (Lipinski definition) is 4. The number of nitrogens with zero attached hydrogens (tertiary/aromatic N) is 4. The average Bonchev–Trinajstić information content (AvgIpc) is 3.13. The second-order valence-electron chi connectivity index (χ2n) is 6.96. The van der Waals surface area contributed by atoms with E-state index < -0.39 is 6.43 Å². The number of anilines is 1. The molecule has 4 rings (SSSR count). The highest BCUT2D eigenvalue weighted by molar-refractivity contribution is 5.79. The van der Waals surface area contributed by atoms with Gasteiger partial charge in [0.2, 0.25) is 5.95 Å². The van der Waals surface area contributed by atoms with Gasteiger partial charge in [-0.2, -0.15) is 0 Å². The number of rotatable bonds is 3. The Morgan fingerprint density at radius 3 is 2.29 bits per heavy atom. The second kappa shape index (κ2) is 8.91. The van der Waals surface area contributed by atoms with E-state index in [1.807, 2.05) is 0 Å². The van der Waals surface area contributed by atoms with Gasteiger partial charge in [0.1, 0.15) is 11.3 Å². The van der Waals surface area contributed by atoms with Gasteiger partial charge in [-0.15, -0.1) is 0 Å². The molecule has 3 aromatic heterocycles. The molecule has 0 bridgehead atoms. The molecule has 0 atom stereocenters. The van der Waals surface area contributed by atoms with Crippen LogP contribution in [0.3, 0.4) is 0 Å². The van der Waals surface area contributed by atoms with Gasteiger partial charge in [-0.1, -0.05) is 45.1 Å². The van der Waals surface area contributed by atoms with Crippen LogP contribution in [0, 0.1) is 6.92 Å². The lowest BCUT2D eigenvalue weighted by Crippen LogP contribution is -2.01. The van der Waals surface area contributed by atoms with Crippen LogP contribution in [0.4, 0.5) is 14.7 Å². The Bertz CT molecular complexity index is 949. The predicted molar refractivity (Wildman–Crippen MR) is 107 cm³/mol. The van der Waals surface area contributed by atoms with Crippen molar-refractivity contribution in [3.05, 3.63) is 59.8 Å². The lowest BCUT2D eigenvalue weighted by Gasteiger charge is -2.10. The first-order valence-electron chi connectivity index (χ1n) is 9.51. The number of aromatic nitrogens is 4. The minimum Gasteiger partial charge on any atom is -0.368 e. The number of nitrogens with two attached hydrogens (primary N) is 1. The fraction of sp³-hybridized carbons (Fsp3) is 0.381. The van der Waals surface area contributed by atoms with E-state index in [0.29, 0.717) is 28.0 Å². The summed E-state index contributed by atoms with van der Waals surface area (Å²) in [5.74, 6) is 0.180. The first-order valence-corrected chi connectivity index (χ1v) is 9.51. The first kappa shape index (κ1) is 19.9. The molecule has 0 saturated heterocycles. The Labute approximate surface area is 163 Å². The molecule has 2 N–H and O–H groups in total. The Balaban J connectivity index is 0.000000320. The molecule has 0 spiro atoms. The van der Waals surface area contributed by atoms with Gasteiger partial charge in [-0.3, -0.25) is 4.40 Å². The van der Waals surface area contributed by atoms with Gasteiger partial charge in [0, 0.05) is 18.0 Å². The molecule has 1 fully saturated rings. The summed E-state index contributed by atoms with van der Waals surface area (Å²) in [5, 5.41) is 0. The number of imidazole rings is 1. The summed E-state index contributed by atoms with van der Waals surface area (Å²) < 4.78 is 27.3. The van der Waals surface area contributed by atoms with E-state index in [9.17, 15) is 8.78 Å². The van der Waals surface area contributed by atoms with E-state index in [1.165, 1.54) is 49.1 Å². The highest BCUT2D eigenvalue weighted by atomic mass is 19.3. The van der Waals surface area contributed by atoms with Gasteiger partial charge in [-0.05, 0) is 30.2 Å². The number of alkyl halides is 2. The molecule has 3 aromatic rings. The third kappa shape index (κ3) is 4.52. The molecule has 1 aliphatic rings. The summed E-state index contributed by atoms with van der Waals surface area (Å²) in [6, 6.07) is 3.44. The molecule has 28 heavy (non-hydrogen) atoms. The zero-order chi connectivity index (χ0) is 20.1. The highest BCUT2D eigenvalue weighted by Crippen LogP contribution is 2.26. The summed E-state index contributed by atoms with van der Waals surface area (Å²) >= 11 is 0. The predicted octanol–water partition coefficient (Wildman–Crippen LogP) is 5.35. The Morgan fingerprint density at radius 2 is 1.71 bits per heavy atom. The maximum Gasteiger partial charge on any atom is 0.280 e. The summed E-state index contributed by atoms with van der Waals surface area (Å²) in [6.07, 6.45) is 10.7. The van der Waals surface area contributed by atoms with Crippen LogP contribution >= 0.6 is 0 Å². The molecule has 0 amide bonds. The van der Waals surface area contributed by atoms with Crippen molar-refractivity contribution in [2.24, 2.45) is 0 Å². The maximum absolute atomic E-state index is 13.0. The van der Waals surface area contributed by atoms with Crippen molar-refractivity contribution in [1.82, 2.24) is 19.4 Å². The Hall–Kier alpha value is -2.83. The molecular formula is C21H25F2N5. The number of nitrogen functional groups attached to an aromatic ring is 1. The standard InChI is InChI=1S/C15H13F2N5.C6H12/c1-8(11-5-20-15(18)21-9(11)2)10-3-4-13-19-6-12(14(16)17)22(13)7-10;1-2-4-6-5-3-1/h3-7,14H,1H2,2H3,(H2,18,20,21);1-6H2. The van der Waals surface area contributed by atoms with Crippen molar-refractivity contribution in [3.63, 3.8) is 0 Å². The number of pyridine rings is 1. The maximum atomic E-state index is 13.0. The Morgan fingerprint density at radius 1 is 1.07 bits per heavy atom. The van der Waals surface area contributed by atoms with E-state index in [1.54, 1.807) is 31.5 Å². The fourth-order valence-electron chi connectivity index (χ4n) is 3.34. The number of hydrogen-bond donors (Lipinski definition) is 1. The molecule has 7 heteroatoms. The summed E-state index contributed by atoms with van der Waals surface area (Å²) in [7, 11) is 0. The molecule has 1 aliphatic carbocycles. The van der Waals surface area contributed by atoms with Crippen molar-refractivity contribution >= 4 is 17.2 Å². The highest BCUT2D eigenvalue weighted by Gasteiger charge is 2.15. The molecule has 0 aromatic carbocycles. The van der Waals surface area contributed by atoms with Crippen molar-refractivity contribution < 1.29 is 8.78 Å². The van der Waals surface area contributed by atoms with Crippen LogP contribution in [-0.2, 0) is 0 Å². The minimum absolute atomic E-state index is 0.157. The third-order valence-electron chi connectivity index (χ3n) is 4.93. The lowest BCUT2D eigenvalue weighted by atomic mass is 10.0. The van der Waals surface area contributed by atoms with Gasteiger partial charge >= 0.3 is 0 Å². The average molecular weight is 385 g/mol. The van der Waals surface area contributed by atoms with Gasteiger partial charge < -0.3 is 5.73 Å². The Kier molecular flexibility index (Phi) is 6.34. The van der Waals surface area contributed by atoms with Gasteiger partial charge in [0.15, 0.2) is 0 Å². The lowest BCUT2D eigenvalue weighted by molar-refractivity contribution is 0.145. The minimum atomic E-state index is -2.60. The van der Waals surface area contributed by atoms with Crippen LogP contribution in [0.2, 0.25) is 0 Å². The molecule has 3 heterocycles. The largest absolute Gasteiger partial charge is 0.368 e. The van der Waals surface area contributed by atoms with Crippen LogP contribution in [0.5, 0.6) is 0 Å². The van der Waals surface area contributed by atoms with Gasteiger partial charge in [0.25, 0.3) is 6.43 Å². The summed E-state index contributed by atoms with van der Waals surface area (Å²) in [6.45, 7) is 5.80. The zero-order valence-corrected chi connectivity index (χ0v) is 16.0. The molecule has 0 aliphatic heterocycles. The number of aryl methyl sites for hydroxylation is 1. The number of fused-ring (bicyclic) bond motifs is 1. The van der Waals surface area contributed by atoms with E-state index in [0.717, 1.165) is 0 Å². The SMILES string of the molecule is C1CCCCC1.C=C(c1ccc2ncc(C(F)F)n2c1)c1cnc(N)nc1C. The third-order valence-corrected chi connectivity index (χ3v) is 4.93. The molecule has 5 nitrogen and oxygen atoms in total. The van der Waals surface area contributed by atoms with Crippen LogP contribution < -0.4 is 5.73 Å². The van der Waals surface area contributed by atoms with E-state index in [4.69, 9.17) is 5.73 Å². The van der Waals surface area contributed by atoms with Crippen LogP contribution in [0.25, 0.3) is 11.2 Å². The van der Waals surface area contributed by atoms with E-state index >= 15 is 0 Å². The fourth-order valence-corrected chi connectivity index (χ4v) is 3.34. The van der Waals surface area contributed by atoms with Crippen molar-refractivity contribution in [2.75, 3.05) is 5.73 Å². The first-order chi connectivity index (χ1) is 13.5. The smallest absolute Gasteiger partial charge is 0.280 e. The summed E-state index contributed by atoms with van der Waals surface area (Å²) in [5.41, 5.74) is 8.54. The van der Waals surface area contributed by atoms with E-state index in [2.05, 4.69) is 21.5 Å². The van der Waals surface area contributed by atoms with Crippen LogP contribution in [-0.4, -0.2) is 19.4 Å². The van der Waals surface area contributed by atoms with Gasteiger partial charge in [0.05, 0.1) is 11.9 Å². The summed E-state index contributed by atoms with van der Waals surface area (Å²) in [4.78, 5) is 12.0. The molecule has 1 saturated carbocycles. The molecule has 0 unspecified atom stereocenters. The van der Waals surface area contributed by atoms with Gasteiger partial charge in [-0.25, -0.2) is 23.7 Å². The zero-order valence-electron chi connectivity index (χ0n) is 16.0. The monoisotopic (exact) mass is 385 g/mol. The number of halogens is 2. The van der Waals surface area contributed by atoms with Crippen molar-refractivity contribution in [2.45, 2.75) is 51.9 Å². The normalized spacial score (nSPS) is 14.0. The topological polar surface area (TPSA) is 69.1 Å².